The first-order valence-corrected chi connectivity index (χ1v) is 6.78. The Bertz CT molecular complexity index is 620. The number of hydrogen-bond donors (Lipinski definition) is 2. The van der Waals surface area contributed by atoms with Crippen LogP contribution in [-0.4, -0.2) is 5.91 Å². The van der Waals surface area contributed by atoms with Crippen LogP contribution in [0.25, 0.3) is 0 Å². The van der Waals surface area contributed by atoms with Crippen LogP contribution in [0.2, 0.25) is 5.02 Å². The van der Waals surface area contributed by atoms with E-state index in [4.69, 9.17) is 17.3 Å². The number of nitrogens with one attached hydrogen (secondary N) is 1. The molecule has 0 radical (unpaired) electrons. The maximum absolute atomic E-state index is 12.3. The molecule has 20 heavy (non-hydrogen) atoms. The molecule has 2 aromatic rings. The van der Waals surface area contributed by atoms with Gasteiger partial charge in [-0.1, -0.05) is 35.9 Å². The van der Waals surface area contributed by atoms with E-state index in [0.717, 1.165) is 11.1 Å². The van der Waals surface area contributed by atoms with Gasteiger partial charge in [0.2, 0.25) is 0 Å². The molecule has 0 aliphatic heterocycles. The van der Waals surface area contributed by atoms with Crippen molar-refractivity contribution in [1.82, 2.24) is 5.32 Å². The van der Waals surface area contributed by atoms with Gasteiger partial charge in [0.1, 0.15) is 0 Å². The zero-order chi connectivity index (χ0) is 14.7. The molecule has 0 aliphatic rings. The Kier molecular flexibility index (Phi) is 4.30. The summed E-state index contributed by atoms with van der Waals surface area (Å²) in [5.74, 6) is -0.173. The van der Waals surface area contributed by atoms with Crippen molar-refractivity contribution < 1.29 is 4.79 Å². The molecule has 0 aromatic heterocycles. The fourth-order valence-corrected chi connectivity index (χ4v) is 2.33. The summed E-state index contributed by atoms with van der Waals surface area (Å²) in [7, 11) is 0. The van der Waals surface area contributed by atoms with E-state index >= 15 is 0 Å². The number of nitrogen functional groups attached to an aromatic ring is 1. The average Bonchev–Trinajstić information content (AvgIpc) is 2.38. The molecule has 2 aromatic carbocycles. The Morgan fingerprint density at radius 2 is 1.95 bits per heavy atom. The zero-order valence-corrected chi connectivity index (χ0v) is 12.2. The predicted octanol–water partition coefficient (Wildman–Crippen LogP) is 3.72. The molecule has 0 saturated heterocycles. The number of amides is 1. The minimum atomic E-state index is -0.173. The van der Waals surface area contributed by atoms with Crippen LogP contribution >= 0.6 is 11.6 Å². The third kappa shape index (κ3) is 3.11. The summed E-state index contributed by atoms with van der Waals surface area (Å²) in [4.78, 5) is 12.3. The van der Waals surface area contributed by atoms with Gasteiger partial charge >= 0.3 is 0 Å². The third-order valence-electron chi connectivity index (χ3n) is 3.23. The van der Waals surface area contributed by atoms with Crippen LogP contribution in [0, 0.1) is 6.92 Å². The molecular formula is C16H17ClN2O. The van der Waals surface area contributed by atoms with Gasteiger partial charge < -0.3 is 11.1 Å². The van der Waals surface area contributed by atoms with E-state index in [9.17, 15) is 4.79 Å². The highest BCUT2D eigenvalue weighted by molar-refractivity contribution is 6.30. The molecule has 1 unspecified atom stereocenters. The standard InChI is InChI=1S/C16H17ClN2O/c1-10-5-3-8-14(18)15(10)16(20)19-11(2)12-6-4-7-13(17)9-12/h3-9,11H,18H2,1-2H3,(H,19,20). The molecule has 0 spiro atoms. The number of carbonyl (C=O) groups excluding carboxylic acids is 1. The van der Waals surface area contributed by atoms with Gasteiger partial charge in [0.05, 0.1) is 11.6 Å². The molecule has 0 aliphatic carbocycles. The van der Waals surface area contributed by atoms with E-state index < -0.39 is 0 Å². The van der Waals surface area contributed by atoms with Gasteiger partial charge in [-0.15, -0.1) is 0 Å². The molecule has 2 rings (SSSR count). The van der Waals surface area contributed by atoms with Crippen molar-refractivity contribution in [2.45, 2.75) is 19.9 Å². The Morgan fingerprint density at radius 1 is 1.25 bits per heavy atom. The van der Waals surface area contributed by atoms with Crippen LogP contribution in [0.5, 0.6) is 0 Å². The van der Waals surface area contributed by atoms with Crippen molar-refractivity contribution in [3.05, 3.63) is 64.2 Å². The molecule has 3 N–H and O–H groups in total. The molecule has 1 amide bonds. The van der Waals surface area contributed by atoms with Gasteiger partial charge in [-0.25, -0.2) is 0 Å². The molecule has 0 saturated carbocycles. The Hall–Kier alpha value is -2.00. The first kappa shape index (κ1) is 14.4. The summed E-state index contributed by atoms with van der Waals surface area (Å²) < 4.78 is 0. The maximum atomic E-state index is 12.3. The van der Waals surface area contributed by atoms with Gasteiger partial charge in [0.25, 0.3) is 5.91 Å². The number of carbonyl (C=O) groups is 1. The second-order valence-electron chi connectivity index (χ2n) is 4.79. The lowest BCUT2D eigenvalue weighted by molar-refractivity contribution is 0.0940. The lowest BCUT2D eigenvalue weighted by Gasteiger charge is -2.16. The zero-order valence-electron chi connectivity index (χ0n) is 11.5. The predicted molar refractivity (Wildman–Crippen MR) is 82.9 cm³/mol. The fraction of sp³-hybridized carbons (Fsp3) is 0.188. The van der Waals surface area contributed by atoms with Crippen LogP contribution < -0.4 is 11.1 Å². The van der Waals surface area contributed by atoms with Crippen molar-refractivity contribution in [3.8, 4) is 0 Å². The van der Waals surface area contributed by atoms with E-state index in [1.165, 1.54) is 0 Å². The van der Waals surface area contributed by atoms with Gasteiger partial charge in [-0.05, 0) is 43.2 Å². The maximum Gasteiger partial charge on any atom is 0.254 e. The van der Waals surface area contributed by atoms with Crippen LogP contribution in [0.15, 0.2) is 42.5 Å². The number of nitrogens with two attached hydrogens (primary N) is 1. The van der Waals surface area contributed by atoms with Crippen molar-refractivity contribution in [2.24, 2.45) is 0 Å². The Morgan fingerprint density at radius 3 is 2.60 bits per heavy atom. The summed E-state index contributed by atoms with van der Waals surface area (Å²) in [6.45, 7) is 3.79. The number of hydrogen-bond acceptors (Lipinski definition) is 2. The molecule has 4 heteroatoms. The largest absolute Gasteiger partial charge is 0.398 e. The first-order chi connectivity index (χ1) is 9.49. The topological polar surface area (TPSA) is 55.1 Å². The molecule has 1 atom stereocenters. The monoisotopic (exact) mass is 288 g/mol. The van der Waals surface area contributed by atoms with Crippen molar-refractivity contribution >= 4 is 23.2 Å². The highest BCUT2D eigenvalue weighted by Crippen LogP contribution is 2.20. The van der Waals surface area contributed by atoms with Crippen LogP contribution in [0.4, 0.5) is 5.69 Å². The average molecular weight is 289 g/mol. The molecule has 0 heterocycles. The summed E-state index contributed by atoms with van der Waals surface area (Å²) in [5.41, 5.74) is 8.71. The Labute approximate surface area is 123 Å². The lowest BCUT2D eigenvalue weighted by atomic mass is 10.0. The number of benzene rings is 2. The van der Waals surface area contributed by atoms with Crippen molar-refractivity contribution in [3.63, 3.8) is 0 Å². The first-order valence-electron chi connectivity index (χ1n) is 6.40. The van der Waals surface area contributed by atoms with Crippen molar-refractivity contribution in [1.29, 1.82) is 0 Å². The van der Waals surface area contributed by atoms with Gasteiger partial charge in [0, 0.05) is 10.7 Å². The van der Waals surface area contributed by atoms with Crippen LogP contribution in [0.1, 0.15) is 34.5 Å². The third-order valence-corrected chi connectivity index (χ3v) is 3.46. The van der Waals surface area contributed by atoms with E-state index in [2.05, 4.69) is 5.32 Å². The number of rotatable bonds is 3. The van der Waals surface area contributed by atoms with E-state index in [0.29, 0.717) is 16.3 Å². The number of halogens is 1. The van der Waals surface area contributed by atoms with Gasteiger partial charge in [0.15, 0.2) is 0 Å². The van der Waals surface area contributed by atoms with E-state index in [-0.39, 0.29) is 11.9 Å². The number of aryl methyl sites for hydroxylation is 1. The van der Waals surface area contributed by atoms with Gasteiger partial charge in [-0.2, -0.15) is 0 Å². The minimum Gasteiger partial charge on any atom is -0.398 e. The number of anilines is 1. The lowest BCUT2D eigenvalue weighted by Crippen LogP contribution is -2.28. The highest BCUT2D eigenvalue weighted by Gasteiger charge is 2.15. The smallest absolute Gasteiger partial charge is 0.254 e. The van der Waals surface area contributed by atoms with Crippen LogP contribution in [-0.2, 0) is 0 Å². The summed E-state index contributed by atoms with van der Waals surface area (Å²) in [6.07, 6.45) is 0. The van der Waals surface area contributed by atoms with E-state index in [1.807, 2.05) is 44.2 Å². The van der Waals surface area contributed by atoms with Crippen molar-refractivity contribution in [2.75, 3.05) is 5.73 Å². The second kappa shape index (κ2) is 5.97. The van der Waals surface area contributed by atoms with Crippen LogP contribution in [0.3, 0.4) is 0 Å². The second-order valence-corrected chi connectivity index (χ2v) is 5.23. The molecular weight excluding hydrogens is 272 g/mol. The van der Waals surface area contributed by atoms with Gasteiger partial charge in [-0.3, -0.25) is 4.79 Å². The quantitative estimate of drug-likeness (QED) is 0.846. The summed E-state index contributed by atoms with van der Waals surface area (Å²) >= 11 is 5.96. The minimum absolute atomic E-state index is 0.139. The SMILES string of the molecule is Cc1cccc(N)c1C(=O)NC(C)c1cccc(Cl)c1. The summed E-state index contributed by atoms with van der Waals surface area (Å²) in [6, 6.07) is 12.7. The fourth-order valence-electron chi connectivity index (χ4n) is 2.13. The van der Waals surface area contributed by atoms with E-state index in [1.54, 1.807) is 12.1 Å². The summed E-state index contributed by atoms with van der Waals surface area (Å²) in [5, 5.41) is 3.60. The molecule has 0 fully saturated rings. The molecule has 3 nitrogen and oxygen atoms in total. The normalized spacial score (nSPS) is 11.9. The Balaban J connectivity index is 2.20. The highest BCUT2D eigenvalue weighted by atomic mass is 35.5. The molecule has 0 bridgehead atoms. The molecule has 104 valence electrons.